The minimum atomic E-state index is -0.117. The lowest BCUT2D eigenvalue weighted by Crippen LogP contribution is -2.37. The molecule has 1 unspecified atom stereocenters. The number of nitrogens with one attached hydrogen (secondary N) is 1. The second kappa shape index (κ2) is 7.66. The van der Waals surface area contributed by atoms with E-state index < -0.39 is 0 Å². The van der Waals surface area contributed by atoms with Crippen LogP contribution in [0.15, 0.2) is 72.7 Å². The molecule has 0 saturated carbocycles. The molecule has 6 nitrogen and oxygen atoms in total. The molecule has 5 rings (SSSR count). The van der Waals surface area contributed by atoms with E-state index in [1.165, 1.54) is 16.9 Å². The topological polar surface area (TPSA) is 86.0 Å². The number of hydrogen-bond acceptors (Lipinski definition) is 7. The van der Waals surface area contributed by atoms with Crippen LogP contribution >= 0.6 is 11.3 Å². The monoisotopic (exact) mass is 417 g/mol. The minimum Gasteiger partial charge on any atom is -0.467 e. The number of pyridine rings is 1. The Hall–Kier alpha value is -3.03. The first-order chi connectivity index (χ1) is 14.6. The van der Waals surface area contributed by atoms with E-state index >= 15 is 0 Å². The number of ether oxygens (including phenoxy) is 1. The molecule has 30 heavy (non-hydrogen) atoms. The van der Waals surface area contributed by atoms with Crippen molar-refractivity contribution >= 4 is 22.1 Å². The third kappa shape index (κ3) is 3.51. The van der Waals surface area contributed by atoms with Crippen LogP contribution in [0, 0.1) is 5.41 Å². The van der Waals surface area contributed by atoms with E-state index in [9.17, 15) is 0 Å². The van der Waals surface area contributed by atoms with Gasteiger partial charge in [0, 0.05) is 34.8 Å². The summed E-state index contributed by atoms with van der Waals surface area (Å²) in [6.45, 7) is 2.64. The molecule has 3 N–H and O–H groups in total. The number of fused-ring (bicyclic) bond motifs is 2. The van der Waals surface area contributed by atoms with Crippen molar-refractivity contribution in [2.24, 2.45) is 11.1 Å². The predicted molar refractivity (Wildman–Crippen MR) is 120 cm³/mol. The van der Waals surface area contributed by atoms with Crippen LogP contribution in [-0.2, 0) is 0 Å². The second-order valence-electron chi connectivity index (χ2n) is 7.93. The van der Waals surface area contributed by atoms with Gasteiger partial charge in [-0.3, -0.25) is 4.98 Å². The maximum atomic E-state index is 6.38. The van der Waals surface area contributed by atoms with Crippen molar-refractivity contribution in [3.8, 4) is 15.8 Å². The van der Waals surface area contributed by atoms with Crippen molar-refractivity contribution in [2.45, 2.75) is 25.4 Å². The molecule has 2 aliphatic rings. The van der Waals surface area contributed by atoms with Crippen molar-refractivity contribution in [3.63, 3.8) is 0 Å². The summed E-state index contributed by atoms with van der Waals surface area (Å²) in [4.78, 5) is 4.15. The Morgan fingerprint density at radius 3 is 3.10 bits per heavy atom. The van der Waals surface area contributed by atoms with Crippen molar-refractivity contribution < 1.29 is 4.74 Å². The van der Waals surface area contributed by atoms with Gasteiger partial charge in [-0.05, 0) is 42.6 Å². The molecule has 0 radical (unpaired) electrons. The maximum absolute atomic E-state index is 6.38. The fraction of sp³-hybridized carbons (Fsp3) is 0.261. The normalized spacial score (nSPS) is 23.1. The quantitative estimate of drug-likeness (QED) is 0.634. The van der Waals surface area contributed by atoms with Crippen LogP contribution in [0.1, 0.15) is 13.3 Å². The van der Waals surface area contributed by atoms with Gasteiger partial charge in [0.1, 0.15) is 6.61 Å². The predicted octanol–water partition coefficient (Wildman–Crippen LogP) is 3.84. The van der Waals surface area contributed by atoms with Crippen molar-refractivity contribution in [2.75, 3.05) is 6.61 Å². The van der Waals surface area contributed by atoms with Crippen molar-refractivity contribution in [3.05, 3.63) is 72.7 Å². The second-order valence-corrected chi connectivity index (χ2v) is 8.87. The molecule has 1 aromatic carbocycles. The van der Waals surface area contributed by atoms with E-state index in [4.69, 9.17) is 10.5 Å². The standard InChI is InChI=1S/C23H23N5OS/c1-23-8-3-2-4-20(23)26-13-18(23)11-19(24)14-29-22-28-27-21(30-22)16-5-6-17-12-25-9-7-15(17)10-16/h2-10,12-13,19-20,26H,11,14,24H2,1H3/t19-,20?,23-/m0/s1. The van der Waals surface area contributed by atoms with Crippen LogP contribution in [0.5, 0.6) is 5.19 Å². The molecule has 3 aromatic rings. The highest BCUT2D eigenvalue weighted by molar-refractivity contribution is 7.16. The molecule has 0 bridgehead atoms. The summed E-state index contributed by atoms with van der Waals surface area (Å²) >= 11 is 1.43. The molecular weight excluding hydrogens is 394 g/mol. The van der Waals surface area contributed by atoms with Gasteiger partial charge in [-0.2, -0.15) is 0 Å². The summed E-state index contributed by atoms with van der Waals surface area (Å²) in [5, 5.41) is 15.5. The number of hydrogen-bond donors (Lipinski definition) is 2. The number of allylic oxidation sites excluding steroid dienone is 2. The highest BCUT2D eigenvalue weighted by atomic mass is 32.1. The molecular formula is C23H23N5OS. The fourth-order valence-corrected chi connectivity index (χ4v) is 4.72. The summed E-state index contributed by atoms with van der Waals surface area (Å²) in [6.07, 6.45) is 15.1. The van der Waals surface area contributed by atoms with Gasteiger partial charge in [0.25, 0.3) is 5.19 Å². The van der Waals surface area contributed by atoms with E-state index in [1.807, 2.05) is 24.4 Å². The van der Waals surface area contributed by atoms with Crippen LogP contribution < -0.4 is 15.8 Å². The van der Waals surface area contributed by atoms with Crippen LogP contribution in [-0.4, -0.2) is 33.9 Å². The van der Waals surface area contributed by atoms with Crippen LogP contribution in [0.2, 0.25) is 0 Å². The molecule has 0 spiro atoms. The number of nitrogens with two attached hydrogens (primary N) is 1. The zero-order valence-electron chi connectivity index (χ0n) is 16.7. The first-order valence-electron chi connectivity index (χ1n) is 9.99. The SMILES string of the molecule is C[C@@]12C=CC=CC1NC=C2C[C@H](N)COc1nnc(-c2ccc3cnccc3c2)s1. The Morgan fingerprint density at radius 2 is 2.17 bits per heavy atom. The van der Waals surface area contributed by atoms with Crippen molar-refractivity contribution in [1.82, 2.24) is 20.5 Å². The fourth-order valence-electron chi connectivity index (χ4n) is 4.02. The zero-order chi connectivity index (χ0) is 20.6. The van der Waals surface area contributed by atoms with Crippen LogP contribution in [0.3, 0.4) is 0 Å². The van der Waals surface area contributed by atoms with Gasteiger partial charge >= 0.3 is 0 Å². The maximum Gasteiger partial charge on any atom is 0.294 e. The van der Waals surface area contributed by atoms with Gasteiger partial charge in [-0.25, -0.2) is 0 Å². The van der Waals surface area contributed by atoms with Gasteiger partial charge in [0.15, 0.2) is 5.01 Å². The third-order valence-corrected chi connectivity index (χ3v) is 6.71. The molecule has 1 aliphatic heterocycles. The largest absolute Gasteiger partial charge is 0.467 e. The smallest absolute Gasteiger partial charge is 0.294 e. The summed E-state index contributed by atoms with van der Waals surface area (Å²) in [5.74, 6) is 0. The molecule has 0 amide bonds. The Labute approximate surface area is 179 Å². The van der Waals surface area contributed by atoms with Crippen LogP contribution in [0.25, 0.3) is 21.3 Å². The molecule has 7 heteroatoms. The Kier molecular flexibility index (Phi) is 4.84. The molecule has 2 aromatic heterocycles. The lowest BCUT2D eigenvalue weighted by Gasteiger charge is -2.32. The van der Waals surface area contributed by atoms with Gasteiger partial charge in [0.05, 0.1) is 6.04 Å². The third-order valence-electron chi connectivity index (χ3n) is 5.83. The molecule has 0 fully saturated rings. The average Bonchev–Trinajstić information content (AvgIpc) is 3.37. The van der Waals surface area contributed by atoms with Crippen LogP contribution in [0.4, 0.5) is 0 Å². The molecule has 3 atom stereocenters. The number of aromatic nitrogens is 3. The summed E-state index contributed by atoms with van der Waals surface area (Å²) in [7, 11) is 0. The first-order valence-corrected chi connectivity index (χ1v) is 10.8. The minimum absolute atomic E-state index is 0.0200. The molecule has 0 saturated heterocycles. The molecule has 152 valence electrons. The highest BCUT2D eigenvalue weighted by Crippen LogP contribution is 2.41. The number of rotatable bonds is 6. The summed E-state index contributed by atoms with van der Waals surface area (Å²) < 4.78 is 5.87. The highest BCUT2D eigenvalue weighted by Gasteiger charge is 2.39. The molecule has 3 heterocycles. The Bertz CT molecular complexity index is 1170. The van der Waals surface area contributed by atoms with E-state index in [1.54, 1.807) is 6.20 Å². The van der Waals surface area contributed by atoms with E-state index in [2.05, 4.69) is 64.0 Å². The average molecular weight is 418 g/mol. The Morgan fingerprint density at radius 1 is 1.23 bits per heavy atom. The van der Waals surface area contributed by atoms with E-state index in [0.29, 0.717) is 17.8 Å². The zero-order valence-corrected chi connectivity index (χ0v) is 17.5. The lowest BCUT2D eigenvalue weighted by atomic mass is 9.74. The summed E-state index contributed by atoms with van der Waals surface area (Å²) in [6, 6.07) is 8.34. The Balaban J connectivity index is 1.21. The van der Waals surface area contributed by atoms with E-state index in [-0.39, 0.29) is 11.5 Å². The number of nitrogens with zero attached hydrogens (tertiary/aromatic N) is 3. The van der Waals surface area contributed by atoms with Gasteiger partial charge in [-0.1, -0.05) is 52.9 Å². The lowest BCUT2D eigenvalue weighted by molar-refractivity contribution is 0.279. The number of benzene rings is 1. The summed E-state index contributed by atoms with van der Waals surface area (Å²) in [5.41, 5.74) is 8.67. The van der Waals surface area contributed by atoms with E-state index in [0.717, 1.165) is 27.8 Å². The first kappa shape index (κ1) is 19.0. The van der Waals surface area contributed by atoms with Crippen molar-refractivity contribution in [1.29, 1.82) is 0 Å². The van der Waals surface area contributed by atoms with Gasteiger partial charge in [-0.15, -0.1) is 5.10 Å². The molecule has 1 aliphatic carbocycles. The van der Waals surface area contributed by atoms with Gasteiger partial charge < -0.3 is 15.8 Å². The van der Waals surface area contributed by atoms with Gasteiger partial charge in [0.2, 0.25) is 0 Å².